The molecule has 1 fully saturated rings. The van der Waals surface area contributed by atoms with Crippen LogP contribution in [0.25, 0.3) is 11.2 Å². The average molecular weight is 340 g/mol. The van der Waals surface area contributed by atoms with Gasteiger partial charge >= 0.3 is 0 Å². The van der Waals surface area contributed by atoms with Crippen LogP contribution >= 0.6 is 11.6 Å². The Labute approximate surface area is 145 Å². The molecule has 0 atom stereocenters. The van der Waals surface area contributed by atoms with Gasteiger partial charge in [-0.05, 0) is 55.4 Å². The minimum atomic E-state index is 0.516. The molecule has 0 spiro atoms. The van der Waals surface area contributed by atoms with Crippen molar-refractivity contribution in [1.29, 1.82) is 0 Å². The minimum absolute atomic E-state index is 0.516. The normalized spacial score (nSPS) is 17.3. The Hall–Kier alpha value is -2.14. The summed E-state index contributed by atoms with van der Waals surface area (Å²) >= 11 is 5.93. The fraction of sp³-hybridized carbons (Fsp3) is 0.389. The van der Waals surface area contributed by atoms with E-state index in [1.165, 1.54) is 18.4 Å². The van der Waals surface area contributed by atoms with Crippen molar-refractivity contribution in [2.24, 2.45) is 5.92 Å². The Morgan fingerprint density at radius 3 is 2.92 bits per heavy atom. The van der Waals surface area contributed by atoms with Crippen LogP contribution in [0.3, 0.4) is 0 Å². The summed E-state index contributed by atoms with van der Waals surface area (Å²) in [6.07, 6.45) is 8.57. The SMILES string of the molecule is Clc1ccc(N2CCCc3cc4ncn(CC5CC5)c4nc32)cn1. The van der Waals surface area contributed by atoms with Gasteiger partial charge in [0.1, 0.15) is 16.5 Å². The highest BCUT2D eigenvalue weighted by molar-refractivity contribution is 6.29. The number of imidazole rings is 1. The Morgan fingerprint density at radius 1 is 1.21 bits per heavy atom. The van der Waals surface area contributed by atoms with Gasteiger partial charge in [-0.15, -0.1) is 0 Å². The number of pyridine rings is 2. The largest absolute Gasteiger partial charge is 0.325 e. The maximum atomic E-state index is 5.93. The molecular weight excluding hydrogens is 322 g/mol. The molecule has 3 aromatic rings. The lowest BCUT2D eigenvalue weighted by Gasteiger charge is -2.29. The van der Waals surface area contributed by atoms with Crippen LogP contribution in [0.1, 0.15) is 24.8 Å². The smallest absolute Gasteiger partial charge is 0.162 e. The van der Waals surface area contributed by atoms with Gasteiger partial charge in [0.15, 0.2) is 5.65 Å². The van der Waals surface area contributed by atoms with Gasteiger partial charge in [-0.25, -0.2) is 15.0 Å². The van der Waals surface area contributed by atoms with Crippen LogP contribution < -0.4 is 4.90 Å². The summed E-state index contributed by atoms with van der Waals surface area (Å²) in [4.78, 5) is 16.0. The fourth-order valence-corrected chi connectivity index (χ4v) is 3.57. The molecule has 0 unspecified atom stereocenters. The van der Waals surface area contributed by atoms with Gasteiger partial charge in [0.25, 0.3) is 0 Å². The van der Waals surface area contributed by atoms with Crippen LogP contribution in [0.15, 0.2) is 30.7 Å². The molecule has 4 heterocycles. The third kappa shape index (κ3) is 2.44. The summed E-state index contributed by atoms with van der Waals surface area (Å²) in [5.41, 5.74) is 4.31. The first-order valence-corrected chi connectivity index (χ1v) is 8.89. The Kier molecular flexibility index (Phi) is 3.23. The molecule has 0 N–H and O–H groups in total. The van der Waals surface area contributed by atoms with Gasteiger partial charge in [0.2, 0.25) is 0 Å². The number of aromatic nitrogens is 4. The zero-order chi connectivity index (χ0) is 16.1. The lowest BCUT2D eigenvalue weighted by atomic mass is 10.0. The van der Waals surface area contributed by atoms with Crippen molar-refractivity contribution in [3.05, 3.63) is 41.4 Å². The number of hydrogen-bond donors (Lipinski definition) is 0. The first-order chi connectivity index (χ1) is 11.8. The van der Waals surface area contributed by atoms with Crippen molar-refractivity contribution in [2.45, 2.75) is 32.2 Å². The Morgan fingerprint density at radius 2 is 2.12 bits per heavy atom. The molecule has 0 amide bonds. The second kappa shape index (κ2) is 5.45. The predicted molar refractivity (Wildman–Crippen MR) is 94.8 cm³/mol. The second-order valence-electron chi connectivity index (χ2n) is 6.75. The second-order valence-corrected chi connectivity index (χ2v) is 7.14. The van der Waals surface area contributed by atoms with Crippen molar-refractivity contribution < 1.29 is 0 Å². The van der Waals surface area contributed by atoms with E-state index in [0.717, 1.165) is 54.5 Å². The zero-order valence-corrected chi connectivity index (χ0v) is 14.1. The molecule has 0 aromatic carbocycles. The number of fused-ring (bicyclic) bond motifs is 2. The van der Waals surface area contributed by atoms with Crippen LogP contribution in [0.2, 0.25) is 5.15 Å². The minimum Gasteiger partial charge on any atom is -0.325 e. The standard InChI is InChI=1S/C18H18ClN5/c19-16-6-5-14(9-20-16)24-7-1-2-13-8-15-18(22-17(13)24)23(11-21-15)10-12-3-4-12/h5-6,8-9,11-12H,1-4,7,10H2. The van der Waals surface area contributed by atoms with Gasteiger partial charge < -0.3 is 9.47 Å². The third-order valence-electron chi connectivity index (χ3n) is 4.91. The van der Waals surface area contributed by atoms with Crippen molar-refractivity contribution in [2.75, 3.05) is 11.4 Å². The molecule has 0 bridgehead atoms. The number of hydrogen-bond acceptors (Lipinski definition) is 4. The molecule has 1 aliphatic carbocycles. The van der Waals surface area contributed by atoms with Gasteiger partial charge in [-0.2, -0.15) is 0 Å². The van der Waals surface area contributed by atoms with Crippen molar-refractivity contribution in [1.82, 2.24) is 19.5 Å². The van der Waals surface area contributed by atoms with Crippen LogP contribution in [-0.4, -0.2) is 26.1 Å². The predicted octanol–water partition coefficient (Wildman–Crippen LogP) is 3.97. The highest BCUT2D eigenvalue weighted by Gasteiger charge is 2.25. The number of halogens is 1. The van der Waals surface area contributed by atoms with E-state index in [1.54, 1.807) is 0 Å². The van der Waals surface area contributed by atoms with Gasteiger partial charge in [-0.3, -0.25) is 0 Å². The van der Waals surface area contributed by atoms with E-state index in [1.807, 2.05) is 24.7 Å². The molecule has 1 aliphatic heterocycles. The summed E-state index contributed by atoms with van der Waals surface area (Å²) in [5.74, 6) is 1.84. The monoisotopic (exact) mass is 339 g/mol. The van der Waals surface area contributed by atoms with Crippen LogP contribution in [-0.2, 0) is 13.0 Å². The van der Waals surface area contributed by atoms with E-state index in [2.05, 4.69) is 25.5 Å². The molecule has 5 nitrogen and oxygen atoms in total. The van der Waals surface area contributed by atoms with E-state index in [9.17, 15) is 0 Å². The summed E-state index contributed by atoms with van der Waals surface area (Å²) < 4.78 is 2.21. The third-order valence-corrected chi connectivity index (χ3v) is 5.13. The van der Waals surface area contributed by atoms with Gasteiger partial charge in [-0.1, -0.05) is 11.6 Å². The highest BCUT2D eigenvalue weighted by atomic mass is 35.5. The molecule has 122 valence electrons. The molecule has 0 radical (unpaired) electrons. The number of nitrogens with zero attached hydrogens (tertiary/aromatic N) is 5. The number of rotatable bonds is 3. The van der Waals surface area contributed by atoms with E-state index in [-0.39, 0.29) is 0 Å². The summed E-state index contributed by atoms with van der Waals surface area (Å²) in [6, 6.07) is 6.05. The molecular formula is C18H18ClN5. The van der Waals surface area contributed by atoms with Crippen LogP contribution in [0.4, 0.5) is 11.5 Å². The summed E-state index contributed by atoms with van der Waals surface area (Å²) in [6.45, 7) is 1.98. The maximum absolute atomic E-state index is 5.93. The van der Waals surface area contributed by atoms with E-state index < -0.39 is 0 Å². The van der Waals surface area contributed by atoms with Crippen LogP contribution in [0, 0.1) is 5.92 Å². The lowest BCUT2D eigenvalue weighted by molar-refractivity contribution is 0.637. The summed E-state index contributed by atoms with van der Waals surface area (Å²) in [7, 11) is 0. The molecule has 6 heteroatoms. The maximum Gasteiger partial charge on any atom is 0.162 e. The lowest BCUT2D eigenvalue weighted by Crippen LogP contribution is -2.26. The Balaban J connectivity index is 1.60. The van der Waals surface area contributed by atoms with E-state index in [0.29, 0.717) is 5.15 Å². The molecule has 24 heavy (non-hydrogen) atoms. The molecule has 2 aliphatic rings. The van der Waals surface area contributed by atoms with Gasteiger partial charge in [0, 0.05) is 13.1 Å². The molecule has 1 saturated carbocycles. The number of aryl methyl sites for hydroxylation is 1. The quantitative estimate of drug-likeness (QED) is 0.677. The van der Waals surface area contributed by atoms with Crippen molar-refractivity contribution >= 4 is 34.3 Å². The fourth-order valence-electron chi connectivity index (χ4n) is 3.46. The zero-order valence-electron chi connectivity index (χ0n) is 13.3. The van der Waals surface area contributed by atoms with E-state index >= 15 is 0 Å². The van der Waals surface area contributed by atoms with E-state index in [4.69, 9.17) is 16.6 Å². The first-order valence-electron chi connectivity index (χ1n) is 8.52. The van der Waals surface area contributed by atoms with Crippen molar-refractivity contribution in [3.63, 3.8) is 0 Å². The number of anilines is 2. The van der Waals surface area contributed by atoms with Crippen LogP contribution in [0.5, 0.6) is 0 Å². The molecule has 5 rings (SSSR count). The highest BCUT2D eigenvalue weighted by Crippen LogP contribution is 2.35. The first kappa shape index (κ1) is 14.2. The van der Waals surface area contributed by atoms with Crippen molar-refractivity contribution in [3.8, 4) is 0 Å². The molecule has 0 saturated heterocycles. The van der Waals surface area contributed by atoms with Gasteiger partial charge in [0.05, 0.1) is 18.2 Å². The average Bonchev–Trinajstić information content (AvgIpc) is 3.34. The topological polar surface area (TPSA) is 46.8 Å². The molecule has 3 aromatic heterocycles. The summed E-state index contributed by atoms with van der Waals surface area (Å²) in [5, 5.41) is 0.516. The Bertz CT molecular complexity index is 898.